The number of rotatable bonds is 2. The van der Waals surface area contributed by atoms with Gasteiger partial charge in [-0.15, -0.1) is 0 Å². The summed E-state index contributed by atoms with van der Waals surface area (Å²) in [5, 5.41) is 10.7. The molecule has 0 saturated carbocycles. The lowest BCUT2D eigenvalue weighted by molar-refractivity contribution is -0.140. The number of nitrogens with zero attached hydrogens (tertiary/aromatic N) is 3. The molecule has 0 aliphatic carbocycles. The maximum Gasteiger partial charge on any atom is 0.331 e. The summed E-state index contributed by atoms with van der Waals surface area (Å²) in [6.07, 6.45) is 0. The van der Waals surface area contributed by atoms with E-state index in [1.165, 1.54) is 6.92 Å². The smallest absolute Gasteiger partial charge is 0.318 e. The molecule has 0 unspecified atom stereocenters. The van der Waals surface area contributed by atoms with Gasteiger partial charge in [0, 0.05) is 6.92 Å². The van der Waals surface area contributed by atoms with Crippen LogP contribution in [0.5, 0.6) is 0 Å². The standard InChI is InChI=1S/C7H9N3O3/c1-4(8-12-6(3)11)7-5(2)9-13-10-7/h1-3H3/b8-4+. The molecule has 0 atom stereocenters. The van der Waals surface area contributed by atoms with Gasteiger partial charge < -0.3 is 4.84 Å². The maximum atomic E-state index is 10.4. The monoisotopic (exact) mass is 183 g/mol. The van der Waals surface area contributed by atoms with Crippen LogP contribution in [0.4, 0.5) is 0 Å². The molecule has 70 valence electrons. The second-order valence-corrected chi connectivity index (χ2v) is 2.46. The number of carbonyl (C=O) groups excluding carboxylic acids is 1. The van der Waals surface area contributed by atoms with Crippen LogP contribution in [0.1, 0.15) is 25.2 Å². The first-order chi connectivity index (χ1) is 6.11. The third-order valence-electron chi connectivity index (χ3n) is 1.31. The van der Waals surface area contributed by atoms with Crippen LogP contribution < -0.4 is 0 Å². The van der Waals surface area contributed by atoms with Gasteiger partial charge in [-0.05, 0) is 19.0 Å². The van der Waals surface area contributed by atoms with E-state index in [0.717, 1.165) is 0 Å². The van der Waals surface area contributed by atoms with Gasteiger partial charge in [0.1, 0.15) is 11.4 Å². The molecule has 13 heavy (non-hydrogen) atoms. The van der Waals surface area contributed by atoms with Gasteiger partial charge in [-0.3, -0.25) is 0 Å². The maximum absolute atomic E-state index is 10.4. The molecule has 0 N–H and O–H groups in total. The fraction of sp³-hybridized carbons (Fsp3) is 0.429. The predicted octanol–water partition coefficient (Wildman–Crippen LogP) is 0.665. The van der Waals surface area contributed by atoms with Crippen molar-refractivity contribution in [2.24, 2.45) is 5.16 Å². The van der Waals surface area contributed by atoms with Crippen molar-refractivity contribution in [2.45, 2.75) is 20.8 Å². The molecule has 6 nitrogen and oxygen atoms in total. The molecule has 0 aliphatic rings. The molecule has 0 aliphatic heterocycles. The van der Waals surface area contributed by atoms with Gasteiger partial charge >= 0.3 is 5.97 Å². The van der Waals surface area contributed by atoms with E-state index < -0.39 is 5.97 Å². The molecule has 0 spiro atoms. The summed E-state index contributed by atoms with van der Waals surface area (Å²) in [6, 6.07) is 0. The highest BCUT2D eigenvalue weighted by molar-refractivity contribution is 5.97. The van der Waals surface area contributed by atoms with Gasteiger partial charge in [-0.25, -0.2) is 9.42 Å². The largest absolute Gasteiger partial charge is 0.331 e. The highest BCUT2D eigenvalue weighted by Gasteiger charge is 2.08. The molecule has 0 aromatic carbocycles. The fourth-order valence-electron chi connectivity index (χ4n) is 0.736. The third-order valence-corrected chi connectivity index (χ3v) is 1.31. The highest BCUT2D eigenvalue weighted by atomic mass is 16.7. The molecule has 0 saturated heterocycles. The van der Waals surface area contributed by atoms with Crippen LogP contribution in [-0.4, -0.2) is 22.0 Å². The Balaban J connectivity index is 2.78. The Labute approximate surface area is 74.5 Å². The second-order valence-electron chi connectivity index (χ2n) is 2.46. The predicted molar refractivity (Wildman–Crippen MR) is 43.0 cm³/mol. The van der Waals surface area contributed by atoms with Crippen LogP contribution in [0, 0.1) is 6.92 Å². The van der Waals surface area contributed by atoms with Gasteiger partial charge in [-0.1, -0.05) is 10.3 Å². The minimum absolute atomic E-state index is 0.453. The van der Waals surface area contributed by atoms with E-state index in [2.05, 4.69) is 24.9 Å². The Bertz CT molecular complexity index is 343. The molecule has 1 heterocycles. The van der Waals surface area contributed by atoms with Crippen molar-refractivity contribution in [3.05, 3.63) is 11.4 Å². The van der Waals surface area contributed by atoms with Crippen LogP contribution in [0.15, 0.2) is 9.78 Å². The van der Waals surface area contributed by atoms with Gasteiger partial charge in [0.25, 0.3) is 0 Å². The van der Waals surface area contributed by atoms with Crippen LogP contribution in [0.2, 0.25) is 0 Å². The van der Waals surface area contributed by atoms with Crippen molar-refractivity contribution >= 4 is 11.7 Å². The topological polar surface area (TPSA) is 77.6 Å². The third kappa shape index (κ3) is 2.36. The van der Waals surface area contributed by atoms with Crippen molar-refractivity contribution in [1.29, 1.82) is 0 Å². The van der Waals surface area contributed by atoms with Gasteiger partial charge in [0.05, 0.1) is 0 Å². The summed E-state index contributed by atoms with van der Waals surface area (Å²) in [5.74, 6) is -0.478. The summed E-state index contributed by atoms with van der Waals surface area (Å²) < 4.78 is 4.45. The minimum atomic E-state index is -0.478. The van der Waals surface area contributed by atoms with Crippen molar-refractivity contribution < 1.29 is 14.3 Å². The van der Waals surface area contributed by atoms with Crippen molar-refractivity contribution in [3.63, 3.8) is 0 Å². The average Bonchev–Trinajstić information content (AvgIpc) is 2.47. The molecule has 6 heteroatoms. The lowest BCUT2D eigenvalue weighted by atomic mass is 10.2. The van der Waals surface area contributed by atoms with E-state index in [4.69, 9.17) is 0 Å². The SMILES string of the molecule is CC(=O)O/N=C(\C)c1nonc1C. The van der Waals surface area contributed by atoms with Crippen LogP contribution in [-0.2, 0) is 9.63 Å². The van der Waals surface area contributed by atoms with Crippen molar-refractivity contribution in [2.75, 3.05) is 0 Å². The van der Waals surface area contributed by atoms with Crippen molar-refractivity contribution in [1.82, 2.24) is 10.3 Å². The molecule has 0 fully saturated rings. The zero-order chi connectivity index (χ0) is 9.84. The lowest BCUT2D eigenvalue weighted by Gasteiger charge is -1.93. The number of carbonyl (C=O) groups is 1. The summed E-state index contributed by atoms with van der Waals surface area (Å²) in [4.78, 5) is 14.8. The van der Waals surface area contributed by atoms with Gasteiger partial charge in [0.2, 0.25) is 0 Å². The highest BCUT2D eigenvalue weighted by Crippen LogP contribution is 2.02. The van der Waals surface area contributed by atoms with Crippen LogP contribution in [0.3, 0.4) is 0 Å². The Morgan fingerprint density at radius 2 is 2.15 bits per heavy atom. The van der Waals surface area contributed by atoms with Crippen LogP contribution >= 0.6 is 0 Å². The molecule has 1 rings (SSSR count). The fourth-order valence-corrected chi connectivity index (χ4v) is 0.736. The molecule has 1 aromatic heterocycles. The Hall–Kier alpha value is -1.72. The zero-order valence-electron chi connectivity index (χ0n) is 7.57. The average molecular weight is 183 g/mol. The number of oxime groups is 1. The molecule has 1 aromatic rings. The van der Waals surface area contributed by atoms with E-state index in [-0.39, 0.29) is 0 Å². The van der Waals surface area contributed by atoms with Gasteiger partial charge in [0.15, 0.2) is 5.69 Å². The normalized spacial score (nSPS) is 11.5. The first-order valence-electron chi connectivity index (χ1n) is 3.63. The molecule has 0 radical (unpaired) electrons. The van der Waals surface area contributed by atoms with Crippen LogP contribution in [0.25, 0.3) is 0 Å². The lowest BCUT2D eigenvalue weighted by Crippen LogP contribution is -2.01. The minimum Gasteiger partial charge on any atom is -0.318 e. The Morgan fingerprint density at radius 3 is 2.62 bits per heavy atom. The first kappa shape index (κ1) is 9.37. The quantitative estimate of drug-likeness (QED) is 0.382. The molecule has 0 bridgehead atoms. The first-order valence-corrected chi connectivity index (χ1v) is 3.63. The summed E-state index contributed by atoms with van der Waals surface area (Å²) in [7, 11) is 0. The van der Waals surface area contributed by atoms with E-state index in [9.17, 15) is 4.79 Å². The van der Waals surface area contributed by atoms with E-state index >= 15 is 0 Å². The Morgan fingerprint density at radius 1 is 1.46 bits per heavy atom. The summed E-state index contributed by atoms with van der Waals surface area (Å²) >= 11 is 0. The number of hydrogen-bond acceptors (Lipinski definition) is 6. The second kappa shape index (κ2) is 3.79. The van der Waals surface area contributed by atoms with Gasteiger partial charge in [-0.2, -0.15) is 0 Å². The van der Waals surface area contributed by atoms with E-state index in [1.807, 2.05) is 0 Å². The van der Waals surface area contributed by atoms with E-state index in [0.29, 0.717) is 17.1 Å². The zero-order valence-corrected chi connectivity index (χ0v) is 7.57. The van der Waals surface area contributed by atoms with Crippen molar-refractivity contribution in [3.8, 4) is 0 Å². The summed E-state index contributed by atoms with van der Waals surface area (Å²) in [5.41, 5.74) is 1.55. The van der Waals surface area contributed by atoms with E-state index in [1.54, 1.807) is 13.8 Å². The number of aromatic nitrogens is 2. The number of hydrogen-bond donors (Lipinski definition) is 0. The Kier molecular flexibility index (Phi) is 2.73. The molecule has 0 amide bonds. The molecular formula is C7H9N3O3. The molecular weight excluding hydrogens is 174 g/mol. The summed E-state index contributed by atoms with van der Waals surface area (Å²) in [6.45, 7) is 4.64. The number of aryl methyl sites for hydroxylation is 1.